The number of dihydropyridines is 1. The predicted molar refractivity (Wildman–Crippen MR) is 88.7 cm³/mol. The summed E-state index contributed by atoms with van der Waals surface area (Å²) in [6.45, 7) is 1.54. The summed E-state index contributed by atoms with van der Waals surface area (Å²) in [5.74, 6) is -3.26. The lowest BCUT2D eigenvalue weighted by Crippen LogP contribution is -2.53. The van der Waals surface area contributed by atoms with Crippen LogP contribution in [-0.4, -0.2) is 45.6 Å². The Hall–Kier alpha value is -2.41. The van der Waals surface area contributed by atoms with Gasteiger partial charge < -0.3 is 10.2 Å². The van der Waals surface area contributed by atoms with Crippen LogP contribution in [0.5, 0.6) is 0 Å². The van der Waals surface area contributed by atoms with E-state index in [0.29, 0.717) is 10.8 Å². The van der Waals surface area contributed by atoms with E-state index >= 15 is 0 Å². The van der Waals surface area contributed by atoms with Crippen molar-refractivity contribution in [2.24, 2.45) is 0 Å². The van der Waals surface area contributed by atoms with E-state index in [-0.39, 0.29) is 26.1 Å². The van der Waals surface area contributed by atoms with Gasteiger partial charge in [0, 0.05) is 18.7 Å². The van der Waals surface area contributed by atoms with Gasteiger partial charge in [-0.05, 0) is 30.8 Å². The summed E-state index contributed by atoms with van der Waals surface area (Å²) < 4.78 is 26.9. The molecule has 0 spiro atoms. The van der Waals surface area contributed by atoms with Crippen molar-refractivity contribution >= 4 is 5.91 Å². The maximum atomic E-state index is 13.4. The summed E-state index contributed by atoms with van der Waals surface area (Å²) in [4.78, 5) is 14.2. The van der Waals surface area contributed by atoms with E-state index in [2.05, 4.69) is 5.32 Å². The van der Waals surface area contributed by atoms with Gasteiger partial charge in [-0.1, -0.05) is 30.3 Å². The molecule has 1 aromatic carbocycles. The minimum absolute atomic E-state index is 0.0472. The number of nitrogens with zero attached hydrogens (tertiary/aromatic N) is 2. The predicted octanol–water partition coefficient (Wildman–Crippen LogP) is 2.50. The Balaban J connectivity index is 1.73. The van der Waals surface area contributed by atoms with Crippen LogP contribution in [0.2, 0.25) is 0 Å². The number of benzene rings is 1. The van der Waals surface area contributed by atoms with E-state index in [0.717, 1.165) is 5.56 Å². The molecular formula is C18H21F2N3O2. The van der Waals surface area contributed by atoms with Crippen LogP contribution in [0, 0.1) is 0 Å². The molecule has 1 unspecified atom stereocenters. The molecule has 0 aromatic heterocycles. The molecule has 2 heterocycles. The molecule has 134 valence electrons. The van der Waals surface area contributed by atoms with Crippen molar-refractivity contribution in [3.63, 3.8) is 0 Å². The number of carbonyl (C=O) groups excluding carboxylic acids is 1. The normalized spacial score (nSPS) is 24.6. The number of rotatable bonds is 4. The Labute approximate surface area is 145 Å². The van der Waals surface area contributed by atoms with E-state index in [1.165, 1.54) is 0 Å². The van der Waals surface area contributed by atoms with Gasteiger partial charge in [-0.15, -0.1) is 0 Å². The summed E-state index contributed by atoms with van der Waals surface area (Å²) in [6.07, 6.45) is 4.61. The fraction of sp³-hybridized carbons (Fsp3) is 0.389. The average Bonchev–Trinajstić information content (AvgIpc) is 2.95. The van der Waals surface area contributed by atoms with E-state index in [9.17, 15) is 18.8 Å². The van der Waals surface area contributed by atoms with Crippen LogP contribution in [0.4, 0.5) is 8.78 Å². The number of hydrogen-bond donors (Lipinski definition) is 2. The molecule has 2 aliphatic heterocycles. The van der Waals surface area contributed by atoms with Crippen molar-refractivity contribution in [2.75, 3.05) is 13.1 Å². The summed E-state index contributed by atoms with van der Waals surface area (Å²) >= 11 is 0. The summed E-state index contributed by atoms with van der Waals surface area (Å²) in [5, 5.41) is 13.7. The first-order valence-electron chi connectivity index (χ1n) is 8.14. The van der Waals surface area contributed by atoms with Gasteiger partial charge in [0.05, 0.1) is 13.1 Å². The third-order valence-corrected chi connectivity index (χ3v) is 4.46. The summed E-state index contributed by atoms with van der Waals surface area (Å²) in [6, 6.07) is 9.11. The van der Waals surface area contributed by atoms with Crippen LogP contribution < -0.4 is 5.32 Å². The van der Waals surface area contributed by atoms with Gasteiger partial charge in [0.2, 0.25) is 0 Å². The van der Waals surface area contributed by atoms with E-state index in [1.54, 1.807) is 42.3 Å². The van der Waals surface area contributed by atoms with Crippen molar-refractivity contribution in [3.8, 4) is 0 Å². The molecule has 1 amide bonds. The zero-order valence-corrected chi connectivity index (χ0v) is 14.0. The highest BCUT2D eigenvalue weighted by Gasteiger charge is 2.41. The van der Waals surface area contributed by atoms with Crippen molar-refractivity contribution in [3.05, 3.63) is 59.9 Å². The molecule has 0 bridgehead atoms. The van der Waals surface area contributed by atoms with Gasteiger partial charge in [0.25, 0.3) is 11.8 Å². The van der Waals surface area contributed by atoms with E-state index in [4.69, 9.17) is 0 Å². The number of hydroxylamine groups is 2. The SMILES string of the molecule is CC1(C(=O)N(O)Cc2ccccc2)C=C(N2CCC(F)(F)C2)C=CN1. The second kappa shape index (κ2) is 6.48. The summed E-state index contributed by atoms with van der Waals surface area (Å²) in [5.41, 5.74) is 0.141. The Bertz CT molecular complexity index is 706. The Morgan fingerprint density at radius 1 is 1.36 bits per heavy atom. The zero-order valence-electron chi connectivity index (χ0n) is 14.0. The van der Waals surface area contributed by atoms with Gasteiger partial charge >= 0.3 is 0 Å². The Morgan fingerprint density at radius 2 is 2.08 bits per heavy atom. The molecule has 0 saturated carbocycles. The van der Waals surface area contributed by atoms with Crippen molar-refractivity contribution in [2.45, 2.75) is 31.4 Å². The topological polar surface area (TPSA) is 55.8 Å². The largest absolute Gasteiger partial charge is 0.374 e. The molecule has 1 fully saturated rings. The molecule has 1 atom stereocenters. The lowest BCUT2D eigenvalue weighted by molar-refractivity contribution is -0.172. The van der Waals surface area contributed by atoms with E-state index < -0.39 is 17.4 Å². The highest BCUT2D eigenvalue weighted by molar-refractivity contribution is 5.88. The quantitative estimate of drug-likeness (QED) is 0.648. The third kappa shape index (κ3) is 3.82. The van der Waals surface area contributed by atoms with Crippen LogP contribution in [0.25, 0.3) is 0 Å². The monoisotopic (exact) mass is 349 g/mol. The number of alkyl halides is 2. The number of allylic oxidation sites excluding steroid dienone is 1. The van der Waals surface area contributed by atoms with Gasteiger partial charge in [0.1, 0.15) is 5.54 Å². The molecule has 2 N–H and O–H groups in total. The van der Waals surface area contributed by atoms with Gasteiger partial charge in [-0.2, -0.15) is 0 Å². The smallest absolute Gasteiger partial charge is 0.275 e. The number of carbonyl (C=O) groups is 1. The third-order valence-electron chi connectivity index (χ3n) is 4.46. The second-order valence-electron chi connectivity index (χ2n) is 6.63. The van der Waals surface area contributed by atoms with Gasteiger partial charge in [-0.25, -0.2) is 13.8 Å². The van der Waals surface area contributed by atoms with Crippen molar-refractivity contribution in [1.82, 2.24) is 15.3 Å². The van der Waals surface area contributed by atoms with Crippen LogP contribution in [-0.2, 0) is 11.3 Å². The van der Waals surface area contributed by atoms with Crippen LogP contribution in [0.15, 0.2) is 54.4 Å². The molecule has 1 saturated heterocycles. The van der Waals surface area contributed by atoms with Gasteiger partial charge in [0.15, 0.2) is 0 Å². The minimum atomic E-state index is -2.71. The molecule has 3 rings (SSSR count). The standard InChI is InChI=1S/C18H21F2N3O2/c1-17(16(24)23(25)12-14-5-3-2-4-6-14)11-15(7-9-21-17)22-10-8-18(19,20)13-22/h2-7,9,11,21,25H,8,10,12-13H2,1H3. The maximum absolute atomic E-state index is 13.4. The zero-order chi connectivity index (χ0) is 18.1. The minimum Gasteiger partial charge on any atom is -0.374 e. The van der Waals surface area contributed by atoms with E-state index in [1.807, 2.05) is 18.2 Å². The fourth-order valence-electron chi connectivity index (χ4n) is 3.06. The molecular weight excluding hydrogens is 328 g/mol. The molecule has 5 nitrogen and oxygen atoms in total. The molecule has 7 heteroatoms. The van der Waals surface area contributed by atoms with Crippen LogP contribution in [0.1, 0.15) is 18.9 Å². The first-order chi connectivity index (χ1) is 11.8. The Kier molecular flexibility index (Phi) is 4.51. The molecule has 2 aliphatic rings. The average molecular weight is 349 g/mol. The van der Waals surface area contributed by atoms with Crippen molar-refractivity contribution in [1.29, 1.82) is 0 Å². The number of halogens is 2. The summed E-state index contributed by atoms with van der Waals surface area (Å²) in [7, 11) is 0. The first-order valence-corrected chi connectivity index (χ1v) is 8.14. The van der Waals surface area contributed by atoms with Gasteiger partial charge in [-0.3, -0.25) is 10.0 Å². The lowest BCUT2D eigenvalue weighted by Gasteiger charge is -2.34. The second-order valence-corrected chi connectivity index (χ2v) is 6.63. The highest BCUT2D eigenvalue weighted by Crippen LogP contribution is 2.31. The first kappa shape index (κ1) is 17.4. The number of amides is 1. The van der Waals surface area contributed by atoms with Crippen LogP contribution >= 0.6 is 0 Å². The Morgan fingerprint density at radius 3 is 2.72 bits per heavy atom. The van der Waals surface area contributed by atoms with Crippen molar-refractivity contribution < 1.29 is 18.8 Å². The number of likely N-dealkylation sites (tertiary alicyclic amines) is 1. The fourth-order valence-corrected chi connectivity index (χ4v) is 3.06. The number of hydrogen-bond acceptors (Lipinski definition) is 4. The number of nitrogens with one attached hydrogen (secondary N) is 1. The molecule has 25 heavy (non-hydrogen) atoms. The highest BCUT2D eigenvalue weighted by atomic mass is 19.3. The lowest BCUT2D eigenvalue weighted by atomic mass is 9.96. The maximum Gasteiger partial charge on any atom is 0.275 e. The molecule has 1 aromatic rings. The molecule has 0 aliphatic carbocycles. The van der Waals surface area contributed by atoms with Crippen LogP contribution in [0.3, 0.4) is 0 Å². The molecule has 0 radical (unpaired) electrons.